The van der Waals surface area contributed by atoms with E-state index in [1.54, 1.807) is 0 Å². The molecule has 0 aliphatic carbocycles. The van der Waals surface area contributed by atoms with Gasteiger partial charge in [0.15, 0.2) is 0 Å². The van der Waals surface area contributed by atoms with Crippen molar-refractivity contribution in [3.8, 4) is 0 Å². The van der Waals surface area contributed by atoms with Crippen molar-refractivity contribution in [3.05, 3.63) is 29.8 Å². The second kappa shape index (κ2) is 5.69. The van der Waals surface area contributed by atoms with E-state index in [9.17, 15) is 10.2 Å². The van der Waals surface area contributed by atoms with Crippen LogP contribution in [0.15, 0.2) is 24.3 Å². The van der Waals surface area contributed by atoms with Crippen LogP contribution in [0.3, 0.4) is 0 Å². The highest BCUT2D eigenvalue weighted by Gasteiger charge is 2.30. The van der Waals surface area contributed by atoms with E-state index in [4.69, 9.17) is 0 Å². The molecule has 4 heteroatoms. The Balaban J connectivity index is 2.12. The van der Waals surface area contributed by atoms with Gasteiger partial charge in [0.2, 0.25) is 0 Å². The van der Waals surface area contributed by atoms with Gasteiger partial charge in [-0.15, -0.1) is 0 Å². The van der Waals surface area contributed by atoms with Gasteiger partial charge in [0.25, 0.3) is 0 Å². The Labute approximate surface area is 108 Å². The molecule has 1 aromatic carbocycles. The van der Waals surface area contributed by atoms with Crippen molar-refractivity contribution in [2.75, 3.05) is 18.0 Å². The van der Waals surface area contributed by atoms with E-state index in [2.05, 4.69) is 25.2 Å². The summed E-state index contributed by atoms with van der Waals surface area (Å²) in [6.07, 6.45) is -1.28. The lowest BCUT2D eigenvalue weighted by molar-refractivity contribution is 0.0572. The van der Waals surface area contributed by atoms with Gasteiger partial charge in [-0.3, -0.25) is 0 Å². The molecule has 0 aromatic heterocycles. The predicted octanol–water partition coefficient (Wildman–Crippen LogP) is 0.726. The van der Waals surface area contributed by atoms with E-state index in [0.29, 0.717) is 19.1 Å². The van der Waals surface area contributed by atoms with Crippen LogP contribution in [0, 0.1) is 0 Å². The minimum atomic E-state index is -0.642. The SMILES string of the molecule is CC(C)NCc1ccccc1N1CC(O)C(O)C1. The van der Waals surface area contributed by atoms with Gasteiger partial charge in [0.05, 0.1) is 12.2 Å². The molecule has 1 aliphatic rings. The molecule has 2 unspecified atom stereocenters. The first-order chi connectivity index (χ1) is 8.58. The lowest BCUT2D eigenvalue weighted by atomic mass is 10.1. The highest BCUT2D eigenvalue weighted by molar-refractivity contribution is 5.54. The molecule has 0 amide bonds. The highest BCUT2D eigenvalue weighted by Crippen LogP contribution is 2.24. The molecular formula is C14H22N2O2. The van der Waals surface area contributed by atoms with Crippen LogP contribution in [0.25, 0.3) is 0 Å². The summed E-state index contributed by atoms with van der Waals surface area (Å²) in [5.41, 5.74) is 2.30. The third-order valence-electron chi connectivity index (χ3n) is 3.29. The topological polar surface area (TPSA) is 55.7 Å². The minimum Gasteiger partial charge on any atom is -0.389 e. The Morgan fingerprint density at radius 3 is 2.44 bits per heavy atom. The van der Waals surface area contributed by atoms with E-state index in [-0.39, 0.29) is 0 Å². The van der Waals surface area contributed by atoms with Crippen LogP contribution in [-0.4, -0.2) is 41.6 Å². The summed E-state index contributed by atoms with van der Waals surface area (Å²) >= 11 is 0. The fraction of sp³-hybridized carbons (Fsp3) is 0.571. The van der Waals surface area contributed by atoms with Gasteiger partial charge in [-0.2, -0.15) is 0 Å². The number of hydrogen-bond acceptors (Lipinski definition) is 4. The van der Waals surface area contributed by atoms with Gasteiger partial charge < -0.3 is 20.4 Å². The number of benzene rings is 1. The van der Waals surface area contributed by atoms with Crippen molar-refractivity contribution in [3.63, 3.8) is 0 Å². The molecule has 1 saturated heterocycles. The summed E-state index contributed by atoms with van der Waals surface area (Å²) in [5.74, 6) is 0. The zero-order valence-corrected chi connectivity index (χ0v) is 11.0. The molecule has 100 valence electrons. The van der Waals surface area contributed by atoms with Crippen molar-refractivity contribution in [1.29, 1.82) is 0 Å². The summed E-state index contributed by atoms with van der Waals surface area (Å²) in [5, 5.41) is 22.7. The molecule has 1 heterocycles. The molecule has 4 nitrogen and oxygen atoms in total. The average Bonchev–Trinajstić information content (AvgIpc) is 2.67. The molecule has 0 spiro atoms. The van der Waals surface area contributed by atoms with Crippen molar-refractivity contribution in [2.45, 2.75) is 38.6 Å². The van der Waals surface area contributed by atoms with Crippen molar-refractivity contribution in [1.82, 2.24) is 5.32 Å². The maximum Gasteiger partial charge on any atom is 0.0990 e. The Morgan fingerprint density at radius 2 is 1.83 bits per heavy atom. The highest BCUT2D eigenvalue weighted by atomic mass is 16.3. The molecule has 1 fully saturated rings. The zero-order chi connectivity index (χ0) is 13.1. The van der Waals surface area contributed by atoms with Crippen LogP contribution in [-0.2, 0) is 6.54 Å². The number of anilines is 1. The number of nitrogens with zero attached hydrogens (tertiary/aromatic N) is 1. The largest absolute Gasteiger partial charge is 0.389 e. The van der Waals surface area contributed by atoms with E-state index in [1.807, 2.05) is 23.1 Å². The number of β-amino-alcohol motifs (C(OH)–C–C–N with tert-alkyl or cyclic N) is 2. The monoisotopic (exact) mass is 250 g/mol. The maximum absolute atomic E-state index is 9.63. The first kappa shape index (κ1) is 13.3. The van der Waals surface area contributed by atoms with Gasteiger partial charge in [-0.05, 0) is 11.6 Å². The lowest BCUT2D eigenvalue weighted by Gasteiger charge is -2.22. The fourth-order valence-corrected chi connectivity index (χ4v) is 2.25. The van der Waals surface area contributed by atoms with E-state index >= 15 is 0 Å². The van der Waals surface area contributed by atoms with Crippen molar-refractivity contribution < 1.29 is 10.2 Å². The maximum atomic E-state index is 9.63. The molecule has 2 atom stereocenters. The van der Waals surface area contributed by atoms with Crippen LogP contribution in [0.2, 0.25) is 0 Å². The summed E-state index contributed by atoms with van der Waals surface area (Å²) < 4.78 is 0. The zero-order valence-electron chi connectivity index (χ0n) is 11.0. The second-order valence-electron chi connectivity index (χ2n) is 5.20. The molecule has 1 aromatic rings. The summed E-state index contributed by atoms with van der Waals surface area (Å²) in [6, 6.07) is 8.58. The van der Waals surface area contributed by atoms with E-state index in [1.165, 1.54) is 5.56 Å². The number of para-hydroxylation sites is 1. The van der Waals surface area contributed by atoms with Gasteiger partial charge in [-0.1, -0.05) is 32.0 Å². The number of aliphatic hydroxyl groups is 2. The molecule has 2 rings (SSSR count). The van der Waals surface area contributed by atoms with E-state index < -0.39 is 12.2 Å². The van der Waals surface area contributed by atoms with Gasteiger partial charge in [-0.25, -0.2) is 0 Å². The minimum absolute atomic E-state index is 0.438. The molecule has 1 aliphatic heterocycles. The first-order valence-corrected chi connectivity index (χ1v) is 6.50. The fourth-order valence-electron chi connectivity index (χ4n) is 2.25. The van der Waals surface area contributed by atoms with Crippen LogP contribution < -0.4 is 10.2 Å². The summed E-state index contributed by atoms with van der Waals surface area (Å²) in [4.78, 5) is 2.05. The summed E-state index contributed by atoms with van der Waals surface area (Å²) in [6.45, 7) is 6.04. The van der Waals surface area contributed by atoms with Gasteiger partial charge in [0.1, 0.15) is 0 Å². The van der Waals surface area contributed by atoms with Gasteiger partial charge in [0, 0.05) is 31.4 Å². The predicted molar refractivity (Wildman–Crippen MR) is 72.6 cm³/mol. The van der Waals surface area contributed by atoms with Crippen LogP contribution in [0.5, 0.6) is 0 Å². The second-order valence-corrected chi connectivity index (χ2v) is 5.20. The Kier molecular flexibility index (Phi) is 4.22. The molecule has 0 radical (unpaired) electrons. The van der Waals surface area contributed by atoms with Crippen molar-refractivity contribution in [2.24, 2.45) is 0 Å². The molecule has 0 saturated carbocycles. The molecule has 0 bridgehead atoms. The molecule has 3 N–H and O–H groups in total. The third-order valence-corrected chi connectivity index (χ3v) is 3.29. The number of rotatable bonds is 4. The standard InChI is InChI=1S/C14H22N2O2/c1-10(2)15-7-11-5-3-4-6-12(11)16-8-13(17)14(18)9-16/h3-6,10,13-15,17-18H,7-9H2,1-2H3. The molecular weight excluding hydrogens is 228 g/mol. The summed E-state index contributed by atoms with van der Waals surface area (Å²) in [7, 11) is 0. The Hall–Kier alpha value is -1.10. The Bertz CT molecular complexity index is 385. The van der Waals surface area contributed by atoms with Gasteiger partial charge >= 0.3 is 0 Å². The average molecular weight is 250 g/mol. The van der Waals surface area contributed by atoms with Crippen LogP contribution in [0.4, 0.5) is 5.69 Å². The number of hydrogen-bond donors (Lipinski definition) is 3. The first-order valence-electron chi connectivity index (χ1n) is 6.50. The van der Waals surface area contributed by atoms with Crippen LogP contribution in [0.1, 0.15) is 19.4 Å². The van der Waals surface area contributed by atoms with Crippen LogP contribution >= 0.6 is 0 Å². The Morgan fingerprint density at radius 1 is 1.22 bits per heavy atom. The molecule has 18 heavy (non-hydrogen) atoms. The lowest BCUT2D eigenvalue weighted by Crippen LogP contribution is -2.26. The smallest absolute Gasteiger partial charge is 0.0990 e. The van der Waals surface area contributed by atoms with E-state index in [0.717, 1.165) is 12.2 Å². The quantitative estimate of drug-likeness (QED) is 0.737. The van der Waals surface area contributed by atoms with Crippen molar-refractivity contribution >= 4 is 5.69 Å². The normalized spacial score (nSPS) is 23.9. The number of nitrogens with one attached hydrogen (secondary N) is 1. The number of aliphatic hydroxyl groups excluding tert-OH is 2. The third kappa shape index (κ3) is 3.02.